The molecule has 1 aliphatic heterocycles. The lowest BCUT2D eigenvalue weighted by Gasteiger charge is -2.40. The van der Waals surface area contributed by atoms with Crippen molar-refractivity contribution in [2.75, 3.05) is 19.6 Å². The van der Waals surface area contributed by atoms with E-state index in [4.69, 9.17) is 4.74 Å². The quantitative estimate of drug-likeness (QED) is 0.821. The molecule has 1 aliphatic rings. The zero-order valence-corrected chi connectivity index (χ0v) is 15.8. The number of hydrogen-bond acceptors (Lipinski definition) is 3. The summed E-state index contributed by atoms with van der Waals surface area (Å²) in [5.74, 6) is -0.0192. The van der Waals surface area contributed by atoms with Gasteiger partial charge >= 0.3 is 6.09 Å². The summed E-state index contributed by atoms with van der Waals surface area (Å²) in [4.78, 5) is 28.7. The van der Waals surface area contributed by atoms with Crippen molar-refractivity contribution in [2.24, 2.45) is 0 Å². The molecule has 2 amide bonds. The van der Waals surface area contributed by atoms with Crippen LogP contribution in [0.4, 0.5) is 4.79 Å². The molecule has 25 heavy (non-hydrogen) atoms. The van der Waals surface area contributed by atoms with Crippen LogP contribution in [0.2, 0.25) is 0 Å². The molecule has 0 unspecified atom stereocenters. The highest BCUT2D eigenvalue weighted by atomic mass is 16.6. The van der Waals surface area contributed by atoms with Crippen LogP contribution in [0.1, 0.15) is 49.2 Å². The molecule has 5 heteroatoms. The van der Waals surface area contributed by atoms with Gasteiger partial charge in [-0.15, -0.1) is 0 Å². The Kier molecular flexibility index (Phi) is 5.55. The number of carbonyl (C=O) groups is 2. The van der Waals surface area contributed by atoms with Gasteiger partial charge in [0.05, 0.1) is 0 Å². The van der Waals surface area contributed by atoms with Crippen LogP contribution in [0.5, 0.6) is 0 Å². The number of nitrogens with zero attached hydrogens (tertiary/aromatic N) is 2. The Labute approximate surface area is 150 Å². The maximum atomic E-state index is 12.9. The second-order valence-corrected chi connectivity index (χ2v) is 7.51. The van der Waals surface area contributed by atoms with Gasteiger partial charge in [0.1, 0.15) is 5.60 Å². The third-order valence-electron chi connectivity index (χ3n) is 4.30. The third-order valence-corrected chi connectivity index (χ3v) is 4.30. The molecule has 5 nitrogen and oxygen atoms in total. The molecule has 136 valence electrons. The summed E-state index contributed by atoms with van der Waals surface area (Å²) < 4.78 is 5.45. The number of ether oxygens (including phenoxy) is 1. The molecule has 1 fully saturated rings. The normalized spacial score (nSPS) is 18.0. The van der Waals surface area contributed by atoms with Gasteiger partial charge in [0.25, 0.3) is 5.91 Å². The molecule has 0 radical (unpaired) electrons. The first-order valence-electron chi connectivity index (χ1n) is 8.65. The van der Waals surface area contributed by atoms with E-state index in [1.165, 1.54) is 0 Å². The SMILES string of the molecule is C=Cc1c(C)cccc1C(=O)N1CCN(C(=O)OC(C)(C)C)[C@@H](C)C1. The third kappa shape index (κ3) is 4.41. The van der Waals surface area contributed by atoms with Crippen LogP contribution in [-0.2, 0) is 4.74 Å². The van der Waals surface area contributed by atoms with Gasteiger partial charge in [-0.2, -0.15) is 0 Å². The average Bonchev–Trinajstić information content (AvgIpc) is 2.52. The summed E-state index contributed by atoms with van der Waals surface area (Å²) >= 11 is 0. The Morgan fingerprint density at radius 3 is 2.52 bits per heavy atom. The summed E-state index contributed by atoms with van der Waals surface area (Å²) in [6.45, 7) is 14.7. The lowest BCUT2D eigenvalue weighted by molar-refractivity contribution is 0.00198. The molecule has 0 aromatic heterocycles. The van der Waals surface area contributed by atoms with E-state index in [2.05, 4.69) is 6.58 Å². The van der Waals surface area contributed by atoms with Crippen molar-refractivity contribution in [3.8, 4) is 0 Å². The molecule has 2 rings (SSSR count). The maximum Gasteiger partial charge on any atom is 0.410 e. The van der Waals surface area contributed by atoms with Gasteiger partial charge in [-0.1, -0.05) is 24.8 Å². The zero-order valence-electron chi connectivity index (χ0n) is 15.8. The Balaban J connectivity index is 2.11. The fraction of sp³-hybridized carbons (Fsp3) is 0.500. The molecule has 0 saturated carbocycles. The molecule has 1 aromatic rings. The minimum Gasteiger partial charge on any atom is -0.444 e. The first-order valence-corrected chi connectivity index (χ1v) is 8.65. The van der Waals surface area contributed by atoms with Crippen molar-refractivity contribution in [2.45, 2.75) is 46.3 Å². The van der Waals surface area contributed by atoms with Gasteiger partial charge < -0.3 is 14.5 Å². The Hall–Kier alpha value is -2.30. The van der Waals surface area contributed by atoms with E-state index >= 15 is 0 Å². The van der Waals surface area contributed by atoms with E-state index in [0.717, 1.165) is 11.1 Å². The van der Waals surface area contributed by atoms with Crippen molar-refractivity contribution in [1.29, 1.82) is 0 Å². The average molecular weight is 344 g/mol. The second-order valence-electron chi connectivity index (χ2n) is 7.51. The zero-order chi connectivity index (χ0) is 18.8. The summed E-state index contributed by atoms with van der Waals surface area (Å²) in [5.41, 5.74) is 2.04. The molecule has 0 N–H and O–H groups in total. The summed E-state index contributed by atoms with van der Waals surface area (Å²) in [7, 11) is 0. The lowest BCUT2D eigenvalue weighted by Crippen LogP contribution is -2.56. The van der Waals surface area contributed by atoms with Crippen molar-refractivity contribution in [1.82, 2.24) is 9.80 Å². The first kappa shape index (κ1) is 19.0. The molecule has 1 aromatic carbocycles. The van der Waals surface area contributed by atoms with Crippen LogP contribution in [0.3, 0.4) is 0 Å². The number of amides is 2. The van der Waals surface area contributed by atoms with Gasteiger partial charge in [-0.25, -0.2) is 4.79 Å². The van der Waals surface area contributed by atoms with E-state index < -0.39 is 5.60 Å². The topological polar surface area (TPSA) is 49.9 Å². The van der Waals surface area contributed by atoms with Gasteiger partial charge in [0.15, 0.2) is 0 Å². The largest absolute Gasteiger partial charge is 0.444 e. The Bertz CT molecular complexity index is 676. The van der Waals surface area contributed by atoms with Crippen LogP contribution in [0, 0.1) is 6.92 Å². The predicted molar refractivity (Wildman–Crippen MR) is 99.6 cm³/mol. The number of hydrogen-bond donors (Lipinski definition) is 0. The van der Waals surface area contributed by atoms with Crippen LogP contribution in [-0.4, -0.2) is 53.1 Å². The first-order chi connectivity index (χ1) is 11.6. The number of rotatable bonds is 2. The highest BCUT2D eigenvalue weighted by Crippen LogP contribution is 2.21. The molecule has 1 saturated heterocycles. The Morgan fingerprint density at radius 1 is 1.28 bits per heavy atom. The van der Waals surface area contributed by atoms with Crippen molar-refractivity contribution in [3.05, 3.63) is 41.5 Å². The van der Waals surface area contributed by atoms with Crippen molar-refractivity contribution < 1.29 is 14.3 Å². The van der Waals surface area contributed by atoms with Gasteiger partial charge in [0.2, 0.25) is 0 Å². The Morgan fingerprint density at radius 2 is 1.96 bits per heavy atom. The number of benzene rings is 1. The summed E-state index contributed by atoms with van der Waals surface area (Å²) in [6, 6.07) is 5.59. The van der Waals surface area contributed by atoms with E-state index in [-0.39, 0.29) is 18.0 Å². The predicted octanol–water partition coefficient (Wildman–Crippen LogP) is 3.72. The molecule has 0 aliphatic carbocycles. The highest BCUT2D eigenvalue weighted by Gasteiger charge is 2.33. The fourth-order valence-electron chi connectivity index (χ4n) is 3.04. The van der Waals surface area contributed by atoms with E-state index in [1.807, 2.05) is 52.8 Å². The molecule has 0 spiro atoms. The fourth-order valence-corrected chi connectivity index (χ4v) is 3.04. The van der Waals surface area contributed by atoms with Crippen molar-refractivity contribution >= 4 is 18.1 Å². The lowest BCUT2D eigenvalue weighted by atomic mass is 10.0. The molecular weight excluding hydrogens is 316 g/mol. The number of piperazine rings is 1. The molecule has 1 heterocycles. The summed E-state index contributed by atoms with van der Waals surface area (Å²) in [5, 5.41) is 0. The van der Waals surface area contributed by atoms with Crippen LogP contribution in [0.15, 0.2) is 24.8 Å². The maximum absolute atomic E-state index is 12.9. The molecule has 0 bridgehead atoms. The van der Waals surface area contributed by atoms with Crippen LogP contribution in [0.25, 0.3) is 6.08 Å². The smallest absolute Gasteiger partial charge is 0.410 e. The van der Waals surface area contributed by atoms with Crippen molar-refractivity contribution in [3.63, 3.8) is 0 Å². The van der Waals surface area contributed by atoms with Crippen LogP contribution >= 0.6 is 0 Å². The van der Waals surface area contributed by atoms with E-state index in [9.17, 15) is 9.59 Å². The highest BCUT2D eigenvalue weighted by molar-refractivity contribution is 5.98. The minimum absolute atomic E-state index is 0.0192. The van der Waals surface area contributed by atoms with Gasteiger partial charge in [-0.05, 0) is 51.8 Å². The van der Waals surface area contributed by atoms with E-state index in [1.54, 1.807) is 15.9 Å². The van der Waals surface area contributed by atoms with E-state index in [0.29, 0.717) is 25.2 Å². The minimum atomic E-state index is -0.524. The summed E-state index contributed by atoms with van der Waals surface area (Å²) in [6.07, 6.45) is 1.40. The van der Waals surface area contributed by atoms with Gasteiger partial charge in [-0.3, -0.25) is 4.79 Å². The number of aryl methyl sites for hydroxylation is 1. The standard InChI is InChI=1S/C20H28N2O3/c1-7-16-14(2)9-8-10-17(16)18(23)21-11-12-22(15(3)13-21)19(24)25-20(4,5)6/h7-10,15H,1,11-13H2,2-6H3/t15-/m0/s1. The monoisotopic (exact) mass is 344 g/mol. The van der Waals surface area contributed by atoms with Crippen LogP contribution < -0.4 is 0 Å². The number of carbonyl (C=O) groups excluding carboxylic acids is 2. The second kappa shape index (κ2) is 7.30. The molecule has 1 atom stereocenters. The van der Waals surface area contributed by atoms with Gasteiger partial charge in [0, 0.05) is 31.2 Å². The molecular formula is C20H28N2O3.